The lowest BCUT2D eigenvalue weighted by molar-refractivity contribution is 0.476. The maximum absolute atomic E-state index is 11.9. The van der Waals surface area contributed by atoms with Crippen molar-refractivity contribution in [3.8, 4) is 11.3 Å². The molecule has 1 atom stereocenters. The quantitative estimate of drug-likeness (QED) is 0.471. The molecule has 0 fully saturated rings. The van der Waals surface area contributed by atoms with Gasteiger partial charge in [0.2, 0.25) is 0 Å². The van der Waals surface area contributed by atoms with Crippen molar-refractivity contribution in [1.29, 1.82) is 0 Å². The van der Waals surface area contributed by atoms with E-state index in [2.05, 4.69) is 53.6 Å². The molecule has 1 aliphatic rings. The second-order valence-corrected chi connectivity index (χ2v) is 11.5. The monoisotopic (exact) mass is 468 g/mol. The molecule has 168 valence electrons. The van der Waals surface area contributed by atoms with Crippen molar-refractivity contribution in [1.82, 2.24) is 4.98 Å². The smallest absolute Gasteiger partial charge is 0.147 e. The summed E-state index contributed by atoms with van der Waals surface area (Å²) in [5.74, 6) is 0.445. The molecule has 4 nitrogen and oxygen atoms in total. The van der Waals surface area contributed by atoms with E-state index in [-0.39, 0.29) is 11.7 Å². The fourth-order valence-electron chi connectivity index (χ4n) is 4.62. The molecule has 1 aliphatic carbocycles. The fraction of sp³-hybridized carbons (Fsp3) is 0.346. The molecule has 1 unspecified atom stereocenters. The van der Waals surface area contributed by atoms with E-state index in [4.69, 9.17) is 11.6 Å². The van der Waals surface area contributed by atoms with Gasteiger partial charge in [-0.1, -0.05) is 36.2 Å². The highest BCUT2D eigenvalue weighted by Gasteiger charge is 2.21. The molecule has 0 bridgehead atoms. The molecule has 0 amide bonds. The van der Waals surface area contributed by atoms with E-state index in [1.165, 1.54) is 17.4 Å². The summed E-state index contributed by atoms with van der Waals surface area (Å²) in [6.07, 6.45) is 7.93. The summed E-state index contributed by atoms with van der Waals surface area (Å²) in [6, 6.07) is 16.4. The lowest BCUT2D eigenvalue weighted by Gasteiger charge is -2.24. The van der Waals surface area contributed by atoms with Gasteiger partial charge in [0.05, 0.1) is 16.5 Å². The third-order valence-corrected chi connectivity index (χ3v) is 7.43. The van der Waals surface area contributed by atoms with Crippen LogP contribution in [0.3, 0.4) is 0 Å². The number of halogens is 1. The fourth-order valence-corrected chi connectivity index (χ4v) is 5.88. The molecule has 0 spiro atoms. The number of fused-ring (bicyclic) bond motifs is 1. The molecule has 3 aromatic rings. The van der Waals surface area contributed by atoms with Gasteiger partial charge in [-0.05, 0) is 85.5 Å². The van der Waals surface area contributed by atoms with Crippen molar-refractivity contribution < 1.29 is 8.42 Å². The van der Waals surface area contributed by atoms with Crippen LogP contribution in [-0.2, 0) is 22.7 Å². The SMILES string of the molecule is Cc1ccc(Nc2cccc3c2CCCCC(CS(C)(=O)=O)C3)cc1-c1ccc(Cl)cn1. The first-order chi connectivity index (χ1) is 15.3. The first-order valence-corrected chi connectivity index (χ1v) is 13.5. The number of aromatic nitrogens is 1. The van der Waals surface area contributed by atoms with E-state index < -0.39 is 9.84 Å². The Morgan fingerprint density at radius 2 is 1.97 bits per heavy atom. The zero-order valence-electron chi connectivity index (χ0n) is 18.6. The summed E-state index contributed by atoms with van der Waals surface area (Å²) in [5.41, 5.74) is 7.78. The van der Waals surface area contributed by atoms with Crippen LogP contribution >= 0.6 is 11.6 Å². The van der Waals surface area contributed by atoms with Crippen LogP contribution in [0, 0.1) is 12.8 Å². The Labute approximate surface area is 196 Å². The Kier molecular flexibility index (Phi) is 6.87. The van der Waals surface area contributed by atoms with Gasteiger partial charge < -0.3 is 5.32 Å². The maximum atomic E-state index is 11.9. The van der Waals surface area contributed by atoms with Crippen molar-refractivity contribution in [3.05, 3.63) is 76.4 Å². The zero-order chi connectivity index (χ0) is 22.7. The number of anilines is 2. The lowest BCUT2D eigenvalue weighted by Crippen LogP contribution is -2.19. The predicted molar refractivity (Wildman–Crippen MR) is 134 cm³/mol. The number of benzene rings is 2. The summed E-state index contributed by atoms with van der Waals surface area (Å²) in [7, 11) is -2.98. The maximum Gasteiger partial charge on any atom is 0.147 e. The minimum absolute atomic E-state index is 0.182. The minimum Gasteiger partial charge on any atom is -0.355 e. The van der Waals surface area contributed by atoms with Crippen molar-refractivity contribution in [2.45, 2.75) is 39.0 Å². The van der Waals surface area contributed by atoms with Gasteiger partial charge in [0.1, 0.15) is 9.84 Å². The summed E-state index contributed by atoms with van der Waals surface area (Å²) < 4.78 is 23.8. The summed E-state index contributed by atoms with van der Waals surface area (Å²) in [4.78, 5) is 4.48. The Hall–Kier alpha value is -2.37. The van der Waals surface area contributed by atoms with Gasteiger partial charge in [-0.25, -0.2) is 8.42 Å². The third-order valence-electron chi connectivity index (χ3n) is 6.13. The minimum atomic E-state index is -2.98. The van der Waals surface area contributed by atoms with Gasteiger partial charge in [-0.3, -0.25) is 4.98 Å². The first-order valence-electron chi connectivity index (χ1n) is 11.1. The number of hydrogen-bond acceptors (Lipinski definition) is 4. The molecular formula is C26H29ClN2O2S. The molecule has 0 aliphatic heterocycles. The standard InChI is InChI=1S/C26H29ClN2O2S/c1-18-10-12-22(15-24(18)25-13-11-21(27)16-28-25)29-26-9-5-7-20-14-19(17-32(2,30)31)6-3-4-8-23(20)26/h5,7,9-13,15-16,19,29H,3-4,6,8,14,17H2,1-2H3. The summed E-state index contributed by atoms with van der Waals surface area (Å²) >= 11 is 6.01. The Bertz CT molecular complexity index is 1210. The molecule has 6 heteroatoms. The van der Waals surface area contributed by atoms with Gasteiger partial charge in [0.15, 0.2) is 0 Å². The highest BCUT2D eigenvalue weighted by molar-refractivity contribution is 7.90. The molecule has 0 saturated carbocycles. The van der Waals surface area contributed by atoms with Gasteiger partial charge in [-0.15, -0.1) is 0 Å². The van der Waals surface area contributed by atoms with Crippen LogP contribution in [0.1, 0.15) is 36.0 Å². The molecule has 32 heavy (non-hydrogen) atoms. The Balaban J connectivity index is 1.63. The first kappa shape index (κ1) is 22.8. The van der Waals surface area contributed by atoms with Crippen molar-refractivity contribution in [3.63, 3.8) is 0 Å². The number of rotatable bonds is 5. The molecule has 2 aromatic carbocycles. The molecule has 1 N–H and O–H groups in total. The number of nitrogens with zero attached hydrogens (tertiary/aromatic N) is 1. The highest BCUT2D eigenvalue weighted by atomic mass is 35.5. The van der Waals surface area contributed by atoms with Crippen LogP contribution in [0.4, 0.5) is 11.4 Å². The van der Waals surface area contributed by atoms with Crippen LogP contribution in [0.15, 0.2) is 54.7 Å². The van der Waals surface area contributed by atoms with E-state index >= 15 is 0 Å². The van der Waals surface area contributed by atoms with Crippen LogP contribution in [-0.4, -0.2) is 25.4 Å². The Morgan fingerprint density at radius 3 is 2.72 bits per heavy atom. The van der Waals surface area contributed by atoms with Crippen LogP contribution < -0.4 is 5.32 Å². The van der Waals surface area contributed by atoms with Crippen LogP contribution in [0.2, 0.25) is 5.02 Å². The Morgan fingerprint density at radius 1 is 1.12 bits per heavy atom. The number of aryl methyl sites for hydroxylation is 1. The number of sulfone groups is 1. The van der Waals surface area contributed by atoms with E-state index in [9.17, 15) is 8.42 Å². The second kappa shape index (κ2) is 9.63. The molecular weight excluding hydrogens is 440 g/mol. The molecule has 0 radical (unpaired) electrons. The number of nitrogens with one attached hydrogen (secondary N) is 1. The second-order valence-electron chi connectivity index (χ2n) is 8.87. The van der Waals surface area contributed by atoms with Crippen molar-refractivity contribution >= 4 is 32.8 Å². The lowest BCUT2D eigenvalue weighted by atomic mass is 9.86. The summed E-state index contributed by atoms with van der Waals surface area (Å²) in [5, 5.41) is 4.24. The largest absolute Gasteiger partial charge is 0.355 e. The predicted octanol–water partition coefficient (Wildman–Crippen LogP) is 6.38. The molecule has 1 heterocycles. The van der Waals surface area contributed by atoms with Crippen molar-refractivity contribution in [2.24, 2.45) is 5.92 Å². The van der Waals surface area contributed by atoms with E-state index in [1.807, 2.05) is 12.1 Å². The van der Waals surface area contributed by atoms with Crippen molar-refractivity contribution in [2.75, 3.05) is 17.3 Å². The zero-order valence-corrected chi connectivity index (χ0v) is 20.1. The number of hydrogen-bond donors (Lipinski definition) is 1. The molecule has 1 aromatic heterocycles. The average molecular weight is 469 g/mol. The topological polar surface area (TPSA) is 59.1 Å². The van der Waals surface area contributed by atoms with Crippen LogP contribution in [0.5, 0.6) is 0 Å². The van der Waals surface area contributed by atoms with Gasteiger partial charge in [-0.2, -0.15) is 0 Å². The third kappa shape index (κ3) is 5.70. The normalized spacial score (nSPS) is 16.7. The highest BCUT2D eigenvalue weighted by Crippen LogP contribution is 2.33. The summed E-state index contributed by atoms with van der Waals surface area (Å²) in [6.45, 7) is 2.08. The van der Waals surface area contributed by atoms with Crippen LogP contribution in [0.25, 0.3) is 11.3 Å². The molecule has 4 rings (SSSR count). The van der Waals surface area contributed by atoms with E-state index in [1.54, 1.807) is 6.20 Å². The van der Waals surface area contributed by atoms with E-state index in [0.717, 1.165) is 60.3 Å². The molecule has 0 saturated heterocycles. The van der Waals surface area contributed by atoms with Gasteiger partial charge in [0.25, 0.3) is 0 Å². The van der Waals surface area contributed by atoms with E-state index in [0.29, 0.717) is 5.02 Å². The average Bonchev–Trinajstić information content (AvgIpc) is 2.71. The number of pyridine rings is 1. The van der Waals surface area contributed by atoms with Gasteiger partial charge >= 0.3 is 0 Å². The van der Waals surface area contributed by atoms with Gasteiger partial charge in [0, 0.05) is 29.4 Å².